The van der Waals surface area contributed by atoms with Crippen molar-refractivity contribution in [3.8, 4) is 5.75 Å². The number of benzene rings is 1. The van der Waals surface area contributed by atoms with E-state index in [2.05, 4.69) is 4.98 Å². The second-order valence-corrected chi connectivity index (χ2v) is 4.56. The molecule has 1 heterocycles. The third kappa shape index (κ3) is 5.75. The molecule has 0 saturated carbocycles. The predicted octanol–water partition coefficient (Wildman–Crippen LogP) is 0.0699. The van der Waals surface area contributed by atoms with Gasteiger partial charge in [0.2, 0.25) is 0 Å². The van der Waals surface area contributed by atoms with Crippen molar-refractivity contribution in [2.24, 2.45) is 0 Å². The van der Waals surface area contributed by atoms with Crippen molar-refractivity contribution in [3.05, 3.63) is 53.9 Å². The Bertz CT molecular complexity index is 578. The number of aryl methyl sites for hydroxylation is 1. The topological polar surface area (TPSA) is 22.1 Å². The maximum absolute atomic E-state index is 12.6. The maximum Gasteiger partial charge on any atom is 1.00 e. The summed E-state index contributed by atoms with van der Waals surface area (Å²) in [6.07, 6.45) is 4.09. The minimum absolute atomic E-state index is 0. The number of pyridine rings is 1. The van der Waals surface area contributed by atoms with Crippen molar-refractivity contribution in [2.45, 2.75) is 13.3 Å². The maximum atomic E-state index is 12.6. The molecule has 0 unspecified atom stereocenters. The molecule has 0 amide bonds. The zero-order chi connectivity index (χ0) is 14.6. The molecule has 0 radical (unpaired) electrons. The molecular weight excluding hydrogens is 305 g/mol. The fourth-order valence-corrected chi connectivity index (χ4v) is 1.86. The molecule has 0 aliphatic rings. The molecule has 0 saturated heterocycles. The van der Waals surface area contributed by atoms with Crippen LogP contribution >= 0.6 is 0 Å². The van der Waals surface area contributed by atoms with Gasteiger partial charge in [-0.05, 0) is 30.2 Å². The van der Waals surface area contributed by atoms with Gasteiger partial charge in [0, 0.05) is 18.8 Å². The molecule has 2 nitrogen and oxygen atoms in total. The van der Waals surface area contributed by atoms with Gasteiger partial charge in [0.15, 0.2) is 0 Å². The average Bonchev–Trinajstić information content (AvgIpc) is 2.40. The first-order chi connectivity index (χ1) is 9.47. The van der Waals surface area contributed by atoms with Gasteiger partial charge < -0.3 is 17.7 Å². The van der Waals surface area contributed by atoms with Gasteiger partial charge in [-0.3, -0.25) is 4.98 Å². The second kappa shape index (κ2) is 8.33. The van der Waals surface area contributed by atoms with Crippen molar-refractivity contribution in [3.63, 3.8) is 0 Å². The predicted molar refractivity (Wildman–Crippen MR) is 73.3 cm³/mol. The largest absolute Gasteiger partial charge is 1.00 e. The number of rotatable bonds is 5. The van der Waals surface area contributed by atoms with E-state index in [4.69, 9.17) is 4.74 Å². The summed E-state index contributed by atoms with van der Waals surface area (Å²) >= 11 is 0. The molecule has 0 fully saturated rings. The van der Waals surface area contributed by atoms with Crippen molar-refractivity contribution in [1.82, 2.24) is 4.98 Å². The van der Waals surface area contributed by atoms with Crippen molar-refractivity contribution in [2.75, 3.05) is 6.61 Å². The van der Waals surface area contributed by atoms with Gasteiger partial charge in [0.05, 0.1) is 6.61 Å². The standard InChI is InChI=1S/C14H14BF3NO.K/c1-11-9-13(15(16,17)18)4-5-14(11)20-8-6-12-3-2-7-19-10-12;/h2-5,7,9-10H,6,8H2,1H3;/q-1;+1. The zero-order valence-electron chi connectivity index (χ0n) is 12.0. The molecule has 1 aromatic carbocycles. The van der Waals surface area contributed by atoms with E-state index in [1.54, 1.807) is 19.3 Å². The number of ether oxygens (including phenoxy) is 1. The molecule has 0 bridgehead atoms. The van der Waals surface area contributed by atoms with E-state index < -0.39 is 12.4 Å². The fraction of sp³-hybridized carbons (Fsp3) is 0.214. The van der Waals surface area contributed by atoms with E-state index in [9.17, 15) is 12.9 Å². The summed E-state index contributed by atoms with van der Waals surface area (Å²) in [6, 6.07) is 7.33. The SMILES string of the molecule is Cc1cc([B-](F)(F)F)ccc1OCCc1cccnc1.[K+]. The van der Waals surface area contributed by atoms with Crippen LogP contribution in [0.3, 0.4) is 0 Å². The van der Waals surface area contributed by atoms with E-state index in [0.717, 1.165) is 17.7 Å². The first-order valence-electron chi connectivity index (χ1n) is 6.29. The Morgan fingerprint density at radius 1 is 1.19 bits per heavy atom. The van der Waals surface area contributed by atoms with Gasteiger partial charge >= 0.3 is 58.4 Å². The normalized spacial score (nSPS) is 10.9. The van der Waals surface area contributed by atoms with Crippen molar-refractivity contribution >= 4 is 12.4 Å². The molecule has 2 rings (SSSR count). The third-order valence-corrected chi connectivity index (χ3v) is 2.95. The Morgan fingerprint density at radius 3 is 2.52 bits per heavy atom. The third-order valence-electron chi connectivity index (χ3n) is 2.95. The number of aromatic nitrogens is 1. The number of halogens is 3. The average molecular weight is 319 g/mol. The van der Waals surface area contributed by atoms with E-state index in [-0.39, 0.29) is 51.4 Å². The van der Waals surface area contributed by atoms with Crippen LogP contribution in [0.2, 0.25) is 0 Å². The quantitative estimate of drug-likeness (QED) is 0.728. The van der Waals surface area contributed by atoms with Crippen LogP contribution in [0.15, 0.2) is 42.7 Å². The molecule has 0 aliphatic carbocycles. The summed E-state index contributed by atoms with van der Waals surface area (Å²) in [7, 11) is 0. The second-order valence-electron chi connectivity index (χ2n) is 4.56. The van der Waals surface area contributed by atoms with Crippen LogP contribution in [-0.2, 0) is 6.42 Å². The Morgan fingerprint density at radius 2 is 1.95 bits per heavy atom. The molecule has 1 aromatic heterocycles. The van der Waals surface area contributed by atoms with Gasteiger partial charge in [0.1, 0.15) is 5.75 Å². The summed E-state index contributed by atoms with van der Waals surface area (Å²) in [6.45, 7) is -2.94. The molecule has 0 atom stereocenters. The Labute approximate surface area is 164 Å². The Kier molecular flexibility index (Phi) is 7.43. The summed E-state index contributed by atoms with van der Waals surface area (Å²) in [4.78, 5) is 3.99. The molecule has 0 aliphatic heterocycles. The van der Waals surface area contributed by atoms with Gasteiger partial charge in [-0.1, -0.05) is 18.2 Å². The van der Waals surface area contributed by atoms with Gasteiger partial charge in [-0.15, -0.1) is 5.46 Å². The molecule has 0 N–H and O–H groups in total. The van der Waals surface area contributed by atoms with Crippen LogP contribution in [0, 0.1) is 6.92 Å². The molecule has 0 spiro atoms. The van der Waals surface area contributed by atoms with E-state index >= 15 is 0 Å². The van der Waals surface area contributed by atoms with Crippen LogP contribution in [0.5, 0.6) is 5.75 Å². The summed E-state index contributed by atoms with van der Waals surface area (Å²) in [5.41, 5.74) is 0.926. The first-order valence-corrected chi connectivity index (χ1v) is 6.29. The summed E-state index contributed by atoms with van der Waals surface area (Å²) < 4.78 is 43.3. The Hall–Kier alpha value is -0.339. The van der Waals surface area contributed by atoms with Crippen LogP contribution in [0.4, 0.5) is 12.9 Å². The minimum Gasteiger partial charge on any atom is -0.493 e. The monoisotopic (exact) mass is 319 g/mol. The Balaban J connectivity index is 0.00000220. The van der Waals surface area contributed by atoms with Crippen LogP contribution in [0.25, 0.3) is 0 Å². The summed E-state index contributed by atoms with van der Waals surface area (Å²) in [5.74, 6) is 0.484. The smallest absolute Gasteiger partial charge is 0.493 e. The van der Waals surface area contributed by atoms with Crippen LogP contribution in [-0.4, -0.2) is 18.6 Å². The van der Waals surface area contributed by atoms with E-state index in [0.29, 0.717) is 24.3 Å². The van der Waals surface area contributed by atoms with E-state index in [1.807, 2.05) is 12.1 Å². The summed E-state index contributed by atoms with van der Waals surface area (Å²) in [5, 5.41) is 0. The van der Waals surface area contributed by atoms with Crippen molar-refractivity contribution < 1.29 is 69.1 Å². The van der Waals surface area contributed by atoms with Gasteiger partial charge in [0.25, 0.3) is 0 Å². The van der Waals surface area contributed by atoms with Gasteiger partial charge in [-0.25, -0.2) is 0 Å². The zero-order valence-corrected chi connectivity index (χ0v) is 15.1. The molecular formula is C14H14BF3KNO. The van der Waals surface area contributed by atoms with Crippen LogP contribution in [0.1, 0.15) is 11.1 Å². The van der Waals surface area contributed by atoms with Crippen molar-refractivity contribution in [1.29, 1.82) is 0 Å². The molecule has 106 valence electrons. The van der Waals surface area contributed by atoms with E-state index in [1.165, 1.54) is 6.07 Å². The number of nitrogens with zero attached hydrogens (tertiary/aromatic N) is 1. The molecule has 2 aromatic rings. The first kappa shape index (κ1) is 18.7. The molecule has 21 heavy (non-hydrogen) atoms. The van der Waals surface area contributed by atoms with Gasteiger partial charge in [-0.2, -0.15) is 0 Å². The minimum atomic E-state index is -4.96. The number of hydrogen-bond acceptors (Lipinski definition) is 2. The number of hydrogen-bond donors (Lipinski definition) is 0. The van der Waals surface area contributed by atoms with Crippen LogP contribution < -0.4 is 61.6 Å². The molecule has 7 heteroatoms. The fourth-order valence-electron chi connectivity index (χ4n) is 1.86.